The molecule has 0 amide bonds. The lowest BCUT2D eigenvalue weighted by Gasteiger charge is -2.23. The highest BCUT2D eigenvalue weighted by Gasteiger charge is 2.31. The highest BCUT2D eigenvalue weighted by molar-refractivity contribution is 5.55. The summed E-state index contributed by atoms with van der Waals surface area (Å²) in [5.74, 6) is 0. The third-order valence-electron chi connectivity index (χ3n) is 3.63. The molecule has 0 bridgehead atoms. The monoisotopic (exact) mass is 248 g/mol. The molecule has 1 atom stereocenters. The van der Waals surface area contributed by atoms with Crippen LogP contribution in [0.4, 0.5) is 5.69 Å². The van der Waals surface area contributed by atoms with E-state index in [1.54, 1.807) is 0 Å². The Morgan fingerprint density at radius 2 is 2.22 bits per heavy atom. The van der Waals surface area contributed by atoms with E-state index in [0.717, 1.165) is 32.6 Å². The van der Waals surface area contributed by atoms with Gasteiger partial charge < -0.3 is 15.3 Å². The van der Waals surface area contributed by atoms with Crippen LogP contribution in [-0.2, 0) is 6.54 Å². The van der Waals surface area contributed by atoms with Gasteiger partial charge in [-0.1, -0.05) is 19.1 Å². The third kappa shape index (κ3) is 3.03. The van der Waals surface area contributed by atoms with Crippen LogP contribution in [0.5, 0.6) is 0 Å². The molecule has 2 rings (SSSR count). The van der Waals surface area contributed by atoms with E-state index in [2.05, 4.69) is 42.3 Å². The molecule has 1 aromatic rings. The van der Waals surface area contributed by atoms with Crippen LogP contribution >= 0.6 is 0 Å². The van der Waals surface area contributed by atoms with E-state index in [0.29, 0.717) is 0 Å². The average molecular weight is 248 g/mol. The maximum Gasteiger partial charge on any atom is 0.0810 e. The fourth-order valence-electron chi connectivity index (χ4n) is 2.60. The van der Waals surface area contributed by atoms with Crippen LogP contribution in [0.25, 0.3) is 0 Å². The zero-order valence-corrected chi connectivity index (χ0v) is 11.7. The highest BCUT2D eigenvalue weighted by atomic mass is 16.3. The minimum atomic E-state index is -0.533. The van der Waals surface area contributed by atoms with Crippen molar-refractivity contribution in [2.45, 2.75) is 39.3 Å². The minimum absolute atomic E-state index is 0.533. The van der Waals surface area contributed by atoms with Gasteiger partial charge in [-0.05, 0) is 44.0 Å². The van der Waals surface area contributed by atoms with Gasteiger partial charge in [-0.15, -0.1) is 0 Å². The van der Waals surface area contributed by atoms with Gasteiger partial charge in [-0.25, -0.2) is 0 Å². The van der Waals surface area contributed by atoms with Crippen LogP contribution in [0.2, 0.25) is 0 Å². The quantitative estimate of drug-likeness (QED) is 0.856. The highest BCUT2D eigenvalue weighted by Crippen LogP contribution is 2.29. The predicted molar refractivity (Wildman–Crippen MR) is 76.0 cm³/mol. The first-order valence-corrected chi connectivity index (χ1v) is 6.79. The summed E-state index contributed by atoms with van der Waals surface area (Å²) >= 11 is 0. The van der Waals surface area contributed by atoms with Crippen LogP contribution in [-0.4, -0.2) is 30.3 Å². The van der Waals surface area contributed by atoms with E-state index in [9.17, 15) is 5.11 Å². The van der Waals surface area contributed by atoms with Crippen molar-refractivity contribution in [2.75, 3.05) is 24.5 Å². The summed E-state index contributed by atoms with van der Waals surface area (Å²) in [6, 6.07) is 6.60. The Morgan fingerprint density at radius 1 is 1.44 bits per heavy atom. The van der Waals surface area contributed by atoms with Gasteiger partial charge in [0.1, 0.15) is 0 Å². The molecular formula is C15H24N2O. The largest absolute Gasteiger partial charge is 0.388 e. The maximum absolute atomic E-state index is 10.0. The number of nitrogens with one attached hydrogen (secondary N) is 1. The van der Waals surface area contributed by atoms with E-state index in [-0.39, 0.29) is 0 Å². The zero-order chi connectivity index (χ0) is 13.2. The lowest BCUT2D eigenvalue weighted by Crippen LogP contribution is -2.29. The molecule has 0 aromatic heterocycles. The van der Waals surface area contributed by atoms with Crippen LogP contribution in [0.15, 0.2) is 18.2 Å². The molecule has 3 nitrogen and oxygen atoms in total. The van der Waals surface area contributed by atoms with Crippen LogP contribution < -0.4 is 10.2 Å². The number of hydrogen-bond donors (Lipinski definition) is 2. The lowest BCUT2D eigenvalue weighted by molar-refractivity contribution is 0.0839. The topological polar surface area (TPSA) is 35.5 Å². The van der Waals surface area contributed by atoms with Crippen molar-refractivity contribution in [3.8, 4) is 0 Å². The van der Waals surface area contributed by atoms with Gasteiger partial charge in [0.15, 0.2) is 0 Å². The molecule has 1 heterocycles. The van der Waals surface area contributed by atoms with Crippen molar-refractivity contribution in [1.82, 2.24) is 5.32 Å². The summed E-state index contributed by atoms with van der Waals surface area (Å²) in [6.07, 6.45) is 0.853. The molecule has 1 saturated heterocycles. The van der Waals surface area contributed by atoms with E-state index in [1.807, 2.05) is 6.92 Å². The van der Waals surface area contributed by atoms with E-state index >= 15 is 0 Å². The second kappa shape index (κ2) is 5.29. The second-order valence-electron chi connectivity index (χ2n) is 5.57. The first kappa shape index (κ1) is 13.4. The summed E-state index contributed by atoms with van der Waals surface area (Å²) in [6.45, 7) is 9.79. The molecule has 2 N–H and O–H groups in total. The lowest BCUT2D eigenvalue weighted by atomic mass is 10.1. The fraction of sp³-hybridized carbons (Fsp3) is 0.600. The van der Waals surface area contributed by atoms with E-state index in [4.69, 9.17) is 0 Å². The summed E-state index contributed by atoms with van der Waals surface area (Å²) in [4.78, 5) is 2.28. The Hall–Kier alpha value is -1.06. The number of anilines is 1. The van der Waals surface area contributed by atoms with Crippen molar-refractivity contribution in [2.24, 2.45) is 0 Å². The molecule has 1 unspecified atom stereocenters. The van der Waals surface area contributed by atoms with E-state index < -0.39 is 5.60 Å². The number of β-amino-alcohol motifs (C(OH)–C–C–N with tert-alkyl or cyclic N) is 1. The van der Waals surface area contributed by atoms with Gasteiger partial charge in [-0.2, -0.15) is 0 Å². The molecule has 3 heteroatoms. The molecule has 0 aliphatic carbocycles. The Morgan fingerprint density at radius 3 is 2.78 bits per heavy atom. The second-order valence-corrected chi connectivity index (χ2v) is 5.57. The fourth-order valence-corrected chi connectivity index (χ4v) is 2.60. The Labute approximate surface area is 110 Å². The van der Waals surface area contributed by atoms with Gasteiger partial charge in [0.25, 0.3) is 0 Å². The number of aryl methyl sites for hydroxylation is 1. The maximum atomic E-state index is 10.0. The molecule has 1 aromatic carbocycles. The van der Waals surface area contributed by atoms with Gasteiger partial charge in [0.05, 0.1) is 5.60 Å². The van der Waals surface area contributed by atoms with Crippen molar-refractivity contribution in [1.29, 1.82) is 0 Å². The van der Waals surface area contributed by atoms with Crippen LogP contribution in [0.3, 0.4) is 0 Å². The average Bonchev–Trinajstić information content (AvgIpc) is 2.67. The first-order chi connectivity index (χ1) is 8.52. The van der Waals surface area contributed by atoms with Gasteiger partial charge in [-0.3, -0.25) is 0 Å². The standard InChI is InChI=1S/C15H24N2O/c1-4-16-10-13-5-6-14(12(2)9-13)17-8-7-15(3,18)11-17/h5-6,9,16,18H,4,7-8,10-11H2,1-3H3. The normalized spacial score (nSPS) is 23.7. The van der Waals surface area contributed by atoms with Gasteiger partial charge in [0.2, 0.25) is 0 Å². The molecule has 0 spiro atoms. The number of rotatable bonds is 4. The minimum Gasteiger partial charge on any atom is -0.388 e. The molecule has 18 heavy (non-hydrogen) atoms. The van der Waals surface area contributed by atoms with Crippen molar-refractivity contribution in [3.63, 3.8) is 0 Å². The van der Waals surface area contributed by atoms with Gasteiger partial charge >= 0.3 is 0 Å². The van der Waals surface area contributed by atoms with Gasteiger partial charge in [0, 0.05) is 25.3 Å². The van der Waals surface area contributed by atoms with E-state index in [1.165, 1.54) is 16.8 Å². The summed E-state index contributed by atoms with van der Waals surface area (Å²) in [5, 5.41) is 13.4. The Bertz CT molecular complexity index is 415. The number of hydrogen-bond acceptors (Lipinski definition) is 3. The molecule has 100 valence electrons. The van der Waals surface area contributed by atoms with Crippen molar-refractivity contribution < 1.29 is 5.11 Å². The van der Waals surface area contributed by atoms with Crippen LogP contribution in [0.1, 0.15) is 31.4 Å². The summed E-state index contributed by atoms with van der Waals surface area (Å²) in [7, 11) is 0. The molecule has 0 saturated carbocycles. The molecule has 1 fully saturated rings. The van der Waals surface area contributed by atoms with Crippen molar-refractivity contribution >= 4 is 5.69 Å². The Kier molecular flexibility index (Phi) is 3.93. The SMILES string of the molecule is CCNCc1ccc(N2CCC(C)(O)C2)c(C)c1. The summed E-state index contributed by atoms with van der Waals surface area (Å²) in [5.41, 5.74) is 3.34. The Balaban J connectivity index is 2.10. The third-order valence-corrected chi connectivity index (χ3v) is 3.63. The smallest absolute Gasteiger partial charge is 0.0810 e. The zero-order valence-electron chi connectivity index (χ0n) is 11.7. The van der Waals surface area contributed by atoms with Crippen molar-refractivity contribution in [3.05, 3.63) is 29.3 Å². The number of nitrogens with zero attached hydrogens (tertiary/aromatic N) is 1. The molecular weight excluding hydrogens is 224 g/mol. The first-order valence-electron chi connectivity index (χ1n) is 6.79. The predicted octanol–water partition coefficient (Wildman–Crippen LogP) is 2.07. The molecule has 0 radical (unpaired) electrons. The molecule has 1 aliphatic rings. The number of benzene rings is 1. The van der Waals surface area contributed by atoms with Crippen LogP contribution in [0, 0.1) is 6.92 Å². The summed E-state index contributed by atoms with van der Waals surface area (Å²) < 4.78 is 0. The number of aliphatic hydroxyl groups is 1. The molecule has 1 aliphatic heterocycles.